The molecule has 1 aromatic rings. The van der Waals surface area contributed by atoms with Crippen LogP contribution in [0.2, 0.25) is 0 Å². The number of ether oxygens (including phenoxy) is 1. The van der Waals surface area contributed by atoms with Crippen molar-refractivity contribution in [3.05, 3.63) is 29.8 Å². The highest BCUT2D eigenvalue weighted by Crippen LogP contribution is 2.49. The maximum Gasteiger partial charge on any atom is 0.327 e. The van der Waals surface area contributed by atoms with Crippen LogP contribution in [-0.2, 0) is 19.7 Å². The molecular formula is C18H23NO4. The highest BCUT2D eigenvalue weighted by molar-refractivity contribution is 6.11. The summed E-state index contributed by atoms with van der Waals surface area (Å²) in [5, 5.41) is 9.78. The lowest BCUT2D eigenvalue weighted by atomic mass is 9.75. The largest absolute Gasteiger partial charge is 0.480 e. The first-order chi connectivity index (χ1) is 10.8. The van der Waals surface area contributed by atoms with Gasteiger partial charge in [-0.05, 0) is 29.9 Å². The smallest absolute Gasteiger partial charge is 0.327 e. The first-order valence-electron chi connectivity index (χ1n) is 8.03. The molecule has 0 radical (unpaired) electrons. The number of nitrogens with zero attached hydrogens (tertiary/aromatic N) is 1. The molecule has 2 aliphatic rings. The number of para-hydroxylation sites is 1. The van der Waals surface area contributed by atoms with E-state index in [0.29, 0.717) is 26.1 Å². The van der Waals surface area contributed by atoms with Gasteiger partial charge in [0.25, 0.3) is 0 Å². The molecule has 124 valence electrons. The lowest BCUT2D eigenvalue weighted by Gasteiger charge is -2.37. The average Bonchev–Trinajstić information content (AvgIpc) is 2.70. The van der Waals surface area contributed by atoms with E-state index in [9.17, 15) is 14.7 Å². The fourth-order valence-electron chi connectivity index (χ4n) is 3.87. The van der Waals surface area contributed by atoms with Crippen LogP contribution >= 0.6 is 0 Å². The van der Waals surface area contributed by atoms with Gasteiger partial charge < -0.3 is 9.84 Å². The number of carbonyl (C=O) groups excluding carboxylic acids is 1. The van der Waals surface area contributed by atoms with Crippen LogP contribution in [0.1, 0.15) is 39.2 Å². The molecule has 0 aliphatic carbocycles. The summed E-state index contributed by atoms with van der Waals surface area (Å²) < 4.78 is 5.44. The summed E-state index contributed by atoms with van der Waals surface area (Å²) in [6.45, 7) is 6.63. The van der Waals surface area contributed by atoms with Crippen molar-refractivity contribution in [2.24, 2.45) is 5.41 Å². The van der Waals surface area contributed by atoms with Gasteiger partial charge in [0.05, 0.1) is 5.41 Å². The van der Waals surface area contributed by atoms with Crippen LogP contribution in [0.25, 0.3) is 0 Å². The number of hydrogen-bond donors (Lipinski definition) is 1. The van der Waals surface area contributed by atoms with E-state index < -0.39 is 22.8 Å². The molecule has 1 aromatic carbocycles. The van der Waals surface area contributed by atoms with Gasteiger partial charge in [0.1, 0.15) is 6.04 Å². The maximum absolute atomic E-state index is 13.3. The third kappa shape index (κ3) is 2.34. The summed E-state index contributed by atoms with van der Waals surface area (Å²) in [5.41, 5.74) is 0.490. The quantitative estimate of drug-likeness (QED) is 0.910. The third-order valence-electron chi connectivity index (χ3n) is 4.97. The van der Waals surface area contributed by atoms with Crippen LogP contribution in [0.3, 0.4) is 0 Å². The van der Waals surface area contributed by atoms with Crippen LogP contribution in [0.4, 0.5) is 5.69 Å². The Labute approximate surface area is 136 Å². The van der Waals surface area contributed by atoms with Crippen LogP contribution < -0.4 is 4.90 Å². The topological polar surface area (TPSA) is 66.8 Å². The zero-order valence-electron chi connectivity index (χ0n) is 13.8. The van der Waals surface area contributed by atoms with Gasteiger partial charge in [-0.25, -0.2) is 4.79 Å². The minimum absolute atomic E-state index is 0.0932. The van der Waals surface area contributed by atoms with Crippen molar-refractivity contribution in [1.29, 1.82) is 0 Å². The summed E-state index contributed by atoms with van der Waals surface area (Å²) in [6, 6.07) is 6.70. The molecule has 0 aromatic heterocycles. The lowest BCUT2D eigenvalue weighted by Crippen LogP contribution is -2.54. The monoisotopic (exact) mass is 317 g/mol. The van der Waals surface area contributed by atoms with Crippen LogP contribution in [-0.4, -0.2) is 36.2 Å². The number of aliphatic carboxylic acids is 1. The average molecular weight is 317 g/mol. The lowest BCUT2D eigenvalue weighted by molar-refractivity contribution is -0.143. The van der Waals surface area contributed by atoms with Gasteiger partial charge >= 0.3 is 5.97 Å². The standard InChI is InChI=1S/C18H23NO4/c1-17(2,3)14(15(20)21)19-13-7-5-4-6-12(13)18(16(19)22)8-10-23-11-9-18/h4-7,14H,8-11H2,1-3H3,(H,20,21). The van der Waals surface area contributed by atoms with Gasteiger partial charge in [-0.2, -0.15) is 0 Å². The van der Waals surface area contributed by atoms with E-state index >= 15 is 0 Å². The fourth-order valence-corrected chi connectivity index (χ4v) is 3.87. The third-order valence-corrected chi connectivity index (χ3v) is 4.97. The SMILES string of the molecule is CC(C)(C)C(C(=O)O)N1C(=O)C2(CCOCC2)c2ccccc21. The molecule has 1 N–H and O–H groups in total. The molecule has 3 rings (SSSR count). The number of hydrogen-bond acceptors (Lipinski definition) is 3. The minimum atomic E-state index is -0.968. The summed E-state index contributed by atoms with van der Waals surface area (Å²) in [6.07, 6.45) is 1.21. The van der Waals surface area contributed by atoms with E-state index in [2.05, 4.69) is 0 Å². The number of benzene rings is 1. The predicted octanol–water partition coefficient (Wildman–Crippen LogP) is 2.58. The van der Waals surface area contributed by atoms with Crippen molar-refractivity contribution in [3.8, 4) is 0 Å². The zero-order chi connectivity index (χ0) is 16.8. The molecule has 1 amide bonds. The highest BCUT2D eigenvalue weighted by atomic mass is 16.5. The van der Waals surface area contributed by atoms with E-state index in [4.69, 9.17) is 4.74 Å². The molecule has 1 saturated heterocycles. The molecule has 23 heavy (non-hydrogen) atoms. The number of rotatable bonds is 2. The Bertz CT molecular complexity index is 641. The van der Waals surface area contributed by atoms with Crippen LogP contribution in [0.15, 0.2) is 24.3 Å². The van der Waals surface area contributed by atoms with Crippen molar-refractivity contribution in [1.82, 2.24) is 0 Å². The Morgan fingerprint density at radius 1 is 1.26 bits per heavy atom. The maximum atomic E-state index is 13.3. The number of carboxylic acids is 1. The minimum Gasteiger partial charge on any atom is -0.480 e. The van der Waals surface area contributed by atoms with E-state index in [-0.39, 0.29) is 5.91 Å². The molecule has 5 nitrogen and oxygen atoms in total. The van der Waals surface area contributed by atoms with Crippen molar-refractivity contribution in [2.75, 3.05) is 18.1 Å². The van der Waals surface area contributed by atoms with E-state index in [0.717, 1.165) is 11.3 Å². The van der Waals surface area contributed by atoms with Crippen molar-refractivity contribution in [2.45, 2.75) is 45.1 Å². The van der Waals surface area contributed by atoms with E-state index in [1.165, 1.54) is 4.90 Å². The van der Waals surface area contributed by atoms with Gasteiger partial charge in [0.2, 0.25) is 5.91 Å². The molecule has 2 aliphatic heterocycles. The Balaban J connectivity index is 2.16. The highest BCUT2D eigenvalue weighted by Gasteiger charge is 2.55. The van der Waals surface area contributed by atoms with Crippen LogP contribution in [0.5, 0.6) is 0 Å². The predicted molar refractivity (Wildman–Crippen MR) is 86.5 cm³/mol. The normalized spacial score (nSPS) is 21.3. The molecule has 1 fully saturated rings. The van der Waals surface area contributed by atoms with Crippen molar-refractivity contribution >= 4 is 17.6 Å². The number of fused-ring (bicyclic) bond motifs is 2. The van der Waals surface area contributed by atoms with Gasteiger partial charge in [-0.1, -0.05) is 39.0 Å². The number of carbonyl (C=O) groups is 2. The molecular weight excluding hydrogens is 294 g/mol. The molecule has 0 saturated carbocycles. The zero-order valence-corrected chi connectivity index (χ0v) is 13.8. The molecule has 1 unspecified atom stereocenters. The van der Waals surface area contributed by atoms with Gasteiger partial charge in [0, 0.05) is 18.9 Å². The van der Waals surface area contributed by atoms with Crippen molar-refractivity contribution in [3.63, 3.8) is 0 Å². The molecule has 0 bridgehead atoms. The summed E-state index contributed by atoms with van der Waals surface area (Å²) in [7, 11) is 0. The Morgan fingerprint density at radius 2 is 1.87 bits per heavy atom. The number of carboxylic acid groups (broad SMARTS) is 1. The van der Waals surface area contributed by atoms with Gasteiger partial charge in [0.15, 0.2) is 0 Å². The Kier molecular flexibility index (Phi) is 3.71. The number of amides is 1. The molecule has 1 atom stereocenters. The molecule has 2 heterocycles. The van der Waals surface area contributed by atoms with E-state index in [1.54, 1.807) is 0 Å². The van der Waals surface area contributed by atoms with Gasteiger partial charge in [-0.15, -0.1) is 0 Å². The second-order valence-corrected chi connectivity index (χ2v) is 7.49. The Hall–Kier alpha value is -1.88. The molecule has 1 spiro atoms. The second kappa shape index (κ2) is 5.34. The first kappa shape index (κ1) is 16.0. The molecule has 5 heteroatoms. The number of anilines is 1. The van der Waals surface area contributed by atoms with Gasteiger partial charge in [-0.3, -0.25) is 9.69 Å². The fraction of sp³-hybridized carbons (Fsp3) is 0.556. The summed E-state index contributed by atoms with van der Waals surface area (Å²) in [5.74, 6) is -1.06. The van der Waals surface area contributed by atoms with Crippen LogP contribution in [0, 0.1) is 5.41 Å². The summed E-state index contributed by atoms with van der Waals surface area (Å²) in [4.78, 5) is 26.8. The van der Waals surface area contributed by atoms with Crippen molar-refractivity contribution < 1.29 is 19.4 Å². The Morgan fingerprint density at radius 3 is 2.43 bits per heavy atom. The second-order valence-electron chi connectivity index (χ2n) is 7.49. The summed E-state index contributed by atoms with van der Waals surface area (Å²) >= 11 is 0. The van der Waals surface area contributed by atoms with E-state index in [1.807, 2.05) is 45.0 Å². The first-order valence-corrected chi connectivity index (χ1v) is 8.03.